The van der Waals surface area contributed by atoms with Crippen LogP contribution in [0, 0.1) is 10.1 Å². The van der Waals surface area contributed by atoms with Gasteiger partial charge in [0, 0.05) is 33.3 Å². The summed E-state index contributed by atoms with van der Waals surface area (Å²) in [6.45, 7) is 1.58. The van der Waals surface area contributed by atoms with E-state index >= 15 is 0 Å². The molecule has 1 fully saturated rings. The minimum absolute atomic E-state index is 0.309. The lowest BCUT2D eigenvalue weighted by atomic mass is 10.1. The smallest absolute Gasteiger partial charge is 0.291 e. The number of nitro groups is 1. The highest BCUT2D eigenvalue weighted by Gasteiger charge is 2.30. The third-order valence-electron chi connectivity index (χ3n) is 5.04. The summed E-state index contributed by atoms with van der Waals surface area (Å²) >= 11 is 0. The van der Waals surface area contributed by atoms with Crippen LogP contribution in [-0.4, -0.2) is 53.2 Å². The van der Waals surface area contributed by atoms with Crippen LogP contribution in [0.1, 0.15) is 19.3 Å². The Bertz CT molecular complexity index is 1190. The topological polar surface area (TPSA) is 130 Å². The van der Waals surface area contributed by atoms with Crippen LogP contribution in [0.25, 0.3) is 0 Å². The zero-order chi connectivity index (χ0) is 22.8. The van der Waals surface area contributed by atoms with Gasteiger partial charge in [0.05, 0.1) is 21.2 Å². The highest BCUT2D eigenvalue weighted by molar-refractivity contribution is 7.93. The molecule has 1 saturated heterocycles. The van der Waals surface area contributed by atoms with E-state index in [9.17, 15) is 26.9 Å². The average Bonchev–Trinajstić information content (AvgIpc) is 2.74. The average molecular weight is 469 g/mol. The van der Waals surface area contributed by atoms with E-state index in [2.05, 4.69) is 9.62 Å². The van der Waals surface area contributed by atoms with Gasteiger partial charge in [0.15, 0.2) is 4.90 Å². The molecule has 1 aliphatic rings. The molecular weight excluding hydrogens is 444 g/mol. The first-order valence-corrected chi connectivity index (χ1v) is 12.5. The molecule has 1 aliphatic heterocycles. The summed E-state index contributed by atoms with van der Waals surface area (Å²) in [6.07, 6.45) is 3.10. The van der Waals surface area contributed by atoms with Crippen molar-refractivity contribution in [2.45, 2.75) is 29.1 Å². The largest absolute Gasteiger partial charge is 0.370 e. The Hall–Kier alpha value is -2.70. The number of piperidine rings is 1. The fraction of sp³-hybridized carbons (Fsp3) is 0.368. The van der Waals surface area contributed by atoms with Gasteiger partial charge in [-0.25, -0.2) is 21.1 Å². The molecule has 0 saturated carbocycles. The van der Waals surface area contributed by atoms with Crippen LogP contribution in [0.15, 0.2) is 52.3 Å². The number of hydrogen-bond donors (Lipinski definition) is 1. The van der Waals surface area contributed by atoms with Crippen molar-refractivity contribution in [2.75, 3.05) is 36.8 Å². The summed E-state index contributed by atoms with van der Waals surface area (Å²) < 4.78 is 54.1. The van der Waals surface area contributed by atoms with Crippen LogP contribution >= 0.6 is 0 Å². The molecule has 10 nitrogen and oxygen atoms in total. The number of nitro benzene ring substituents is 1. The van der Waals surface area contributed by atoms with Crippen LogP contribution < -0.4 is 9.62 Å². The van der Waals surface area contributed by atoms with Crippen LogP contribution in [0.3, 0.4) is 0 Å². The molecule has 3 rings (SSSR count). The molecule has 2 aromatic carbocycles. The van der Waals surface area contributed by atoms with Crippen molar-refractivity contribution in [2.24, 2.45) is 0 Å². The highest BCUT2D eigenvalue weighted by Crippen LogP contribution is 2.33. The van der Waals surface area contributed by atoms with Gasteiger partial charge in [-0.1, -0.05) is 12.1 Å². The first kappa shape index (κ1) is 23.0. The zero-order valence-electron chi connectivity index (χ0n) is 17.2. The number of nitrogens with zero attached hydrogens (tertiary/aromatic N) is 3. The van der Waals surface area contributed by atoms with Crippen molar-refractivity contribution in [3.63, 3.8) is 0 Å². The molecule has 0 spiro atoms. The summed E-state index contributed by atoms with van der Waals surface area (Å²) in [5, 5.41) is 11.6. The molecule has 0 unspecified atom stereocenters. The van der Waals surface area contributed by atoms with E-state index in [-0.39, 0.29) is 4.90 Å². The maximum absolute atomic E-state index is 13.1. The monoisotopic (exact) mass is 468 g/mol. The summed E-state index contributed by atoms with van der Waals surface area (Å²) in [4.78, 5) is 11.8. The molecular formula is C19H24N4O6S2. The minimum atomic E-state index is -4.36. The molecule has 31 heavy (non-hydrogen) atoms. The van der Waals surface area contributed by atoms with E-state index in [1.165, 1.54) is 14.1 Å². The predicted molar refractivity (Wildman–Crippen MR) is 117 cm³/mol. The lowest BCUT2D eigenvalue weighted by Crippen LogP contribution is -2.30. The van der Waals surface area contributed by atoms with Crippen LogP contribution in [0.4, 0.5) is 17.1 Å². The number of nitrogens with one attached hydrogen (secondary N) is 1. The van der Waals surface area contributed by atoms with Gasteiger partial charge >= 0.3 is 0 Å². The number of rotatable bonds is 7. The van der Waals surface area contributed by atoms with E-state index in [4.69, 9.17) is 0 Å². The molecule has 168 valence electrons. The summed E-state index contributed by atoms with van der Waals surface area (Å²) in [7, 11) is -5.76. The van der Waals surface area contributed by atoms with Crippen molar-refractivity contribution in [3.05, 3.63) is 52.6 Å². The fourth-order valence-corrected chi connectivity index (χ4v) is 5.56. The number of para-hydroxylation sites is 2. The van der Waals surface area contributed by atoms with E-state index in [1.807, 2.05) is 0 Å². The number of hydrogen-bond acceptors (Lipinski definition) is 7. The maximum Gasteiger partial charge on any atom is 0.291 e. The van der Waals surface area contributed by atoms with Crippen molar-refractivity contribution < 1.29 is 21.8 Å². The number of benzene rings is 2. The van der Waals surface area contributed by atoms with Crippen molar-refractivity contribution >= 4 is 37.1 Å². The van der Waals surface area contributed by atoms with Crippen molar-refractivity contribution in [3.8, 4) is 0 Å². The minimum Gasteiger partial charge on any atom is -0.370 e. The Labute approximate surface area is 181 Å². The first-order valence-electron chi connectivity index (χ1n) is 9.62. The Balaban J connectivity index is 2.03. The van der Waals surface area contributed by atoms with Crippen molar-refractivity contribution in [1.82, 2.24) is 4.31 Å². The molecule has 0 amide bonds. The Morgan fingerprint density at radius 1 is 1.00 bits per heavy atom. The van der Waals surface area contributed by atoms with Gasteiger partial charge in [-0.3, -0.25) is 14.8 Å². The normalized spacial score (nSPS) is 15.1. The molecule has 0 atom stereocenters. The highest BCUT2D eigenvalue weighted by atomic mass is 32.2. The maximum atomic E-state index is 13.1. The number of sulfonamides is 2. The summed E-state index contributed by atoms with van der Waals surface area (Å²) in [5.74, 6) is 0. The van der Waals surface area contributed by atoms with Gasteiger partial charge in [-0.2, -0.15) is 0 Å². The SMILES string of the molecule is CN(C)S(=O)(=O)c1ccc(S(=O)(=O)Nc2ccccc2N2CCCCC2)c([N+](=O)[O-])c1. The molecule has 2 aromatic rings. The summed E-state index contributed by atoms with van der Waals surface area (Å²) in [5.41, 5.74) is 0.190. The Kier molecular flexibility index (Phi) is 6.53. The van der Waals surface area contributed by atoms with Gasteiger partial charge in [0.1, 0.15) is 0 Å². The lowest BCUT2D eigenvalue weighted by Gasteiger charge is -2.30. The second kappa shape index (κ2) is 8.81. The van der Waals surface area contributed by atoms with Gasteiger partial charge in [-0.15, -0.1) is 0 Å². The third kappa shape index (κ3) is 4.81. The third-order valence-corrected chi connectivity index (χ3v) is 8.26. The standard InChI is InChI=1S/C19H24N4O6S2/c1-21(2)31(28,29)15-10-11-19(18(14-15)23(24)25)30(26,27)20-16-8-4-5-9-17(16)22-12-6-3-7-13-22/h4-5,8-11,14,20H,3,6-7,12-13H2,1-2H3. The van der Waals surface area contributed by atoms with Crippen LogP contribution in [0.2, 0.25) is 0 Å². The van der Waals surface area contributed by atoms with Crippen LogP contribution in [0.5, 0.6) is 0 Å². The van der Waals surface area contributed by atoms with Crippen molar-refractivity contribution in [1.29, 1.82) is 0 Å². The number of anilines is 2. The summed E-state index contributed by atoms with van der Waals surface area (Å²) in [6, 6.07) is 9.62. The van der Waals surface area contributed by atoms with E-state index in [0.29, 0.717) is 11.4 Å². The molecule has 0 aromatic heterocycles. The Morgan fingerprint density at radius 3 is 2.26 bits per heavy atom. The first-order chi connectivity index (χ1) is 14.5. The van der Waals surface area contributed by atoms with Crippen LogP contribution in [-0.2, 0) is 20.0 Å². The molecule has 1 N–H and O–H groups in total. The molecule has 0 aliphatic carbocycles. The van der Waals surface area contributed by atoms with Gasteiger partial charge < -0.3 is 4.90 Å². The lowest BCUT2D eigenvalue weighted by molar-refractivity contribution is -0.388. The molecule has 0 bridgehead atoms. The predicted octanol–water partition coefficient (Wildman–Crippen LogP) is 2.64. The quantitative estimate of drug-likeness (QED) is 0.488. The molecule has 1 heterocycles. The molecule has 12 heteroatoms. The zero-order valence-corrected chi connectivity index (χ0v) is 18.8. The second-order valence-corrected chi connectivity index (χ2v) is 11.1. The van der Waals surface area contributed by atoms with E-state index < -0.39 is 35.6 Å². The second-order valence-electron chi connectivity index (χ2n) is 7.34. The molecule has 0 radical (unpaired) electrons. The van der Waals surface area contributed by atoms with Gasteiger partial charge in [0.25, 0.3) is 15.7 Å². The van der Waals surface area contributed by atoms with E-state index in [1.54, 1.807) is 24.3 Å². The van der Waals surface area contributed by atoms with Gasteiger partial charge in [0.2, 0.25) is 10.0 Å². The Morgan fingerprint density at radius 2 is 1.65 bits per heavy atom. The fourth-order valence-electron chi connectivity index (χ4n) is 3.41. The van der Waals surface area contributed by atoms with Gasteiger partial charge in [-0.05, 0) is 43.5 Å². The van der Waals surface area contributed by atoms with E-state index in [0.717, 1.165) is 54.9 Å².